The Balaban J connectivity index is 1.44. The third kappa shape index (κ3) is 6.43. The van der Waals surface area contributed by atoms with E-state index in [1.54, 1.807) is 21.9 Å². The van der Waals surface area contributed by atoms with Crippen LogP contribution in [0.15, 0.2) is 46.7 Å². The Hall–Kier alpha value is -2.64. The van der Waals surface area contributed by atoms with Gasteiger partial charge in [-0.1, -0.05) is 6.07 Å². The minimum Gasteiger partial charge on any atom is -0.406 e. The van der Waals surface area contributed by atoms with E-state index in [2.05, 4.69) is 9.46 Å². The first-order valence-corrected chi connectivity index (χ1v) is 11.9. The van der Waals surface area contributed by atoms with Crippen LogP contribution in [-0.2, 0) is 14.8 Å². The lowest BCUT2D eigenvalue weighted by atomic mass is 10.2. The molecule has 2 amide bonds. The molecule has 1 fully saturated rings. The molecule has 0 saturated carbocycles. The van der Waals surface area contributed by atoms with Gasteiger partial charge in [-0.05, 0) is 35.7 Å². The maximum Gasteiger partial charge on any atom is 0.573 e. The van der Waals surface area contributed by atoms with Crippen LogP contribution in [-0.4, -0.2) is 69.1 Å². The first-order chi connectivity index (χ1) is 15.0. The highest BCUT2D eigenvalue weighted by molar-refractivity contribution is 7.89. The van der Waals surface area contributed by atoms with Crippen LogP contribution in [0.3, 0.4) is 0 Å². The number of alkyl halides is 3. The second-order valence-corrected chi connectivity index (χ2v) is 9.53. The van der Waals surface area contributed by atoms with Crippen molar-refractivity contribution in [2.75, 3.05) is 32.7 Å². The van der Waals surface area contributed by atoms with Crippen molar-refractivity contribution in [3.8, 4) is 5.75 Å². The maximum atomic E-state index is 12.4. The summed E-state index contributed by atoms with van der Waals surface area (Å²) in [6, 6.07) is 7.29. The highest BCUT2D eigenvalue weighted by Gasteiger charge is 2.31. The summed E-state index contributed by atoms with van der Waals surface area (Å²) in [4.78, 5) is 28.3. The quantitative estimate of drug-likeness (QED) is 0.641. The van der Waals surface area contributed by atoms with Gasteiger partial charge in [-0.3, -0.25) is 9.59 Å². The lowest BCUT2D eigenvalue weighted by molar-refractivity contribution is -0.274. The van der Waals surface area contributed by atoms with Gasteiger partial charge in [-0.2, -0.15) is 0 Å². The first kappa shape index (κ1) is 24.0. The van der Waals surface area contributed by atoms with Crippen molar-refractivity contribution >= 4 is 33.2 Å². The van der Waals surface area contributed by atoms with E-state index in [1.165, 1.54) is 11.3 Å². The van der Waals surface area contributed by atoms with Gasteiger partial charge in [-0.15, -0.1) is 24.5 Å². The van der Waals surface area contributed by atoms with Gasteiger partial charge in [0.15, 0.2) is 0 Å². The van der Waals surface area contributed by atoms with Gasteiger partial charge in [0.25, 0.3) is 5.91 Å². The van der Waals surface area contributed by atoms with Crippen molar-refractivity contribution in [2.24, 2.45) is 0 Å². The largest absolute Gasteiger partial charge is 0.573 e. The van der Waals surface area contributed by atoms with Gasteiger partial charge >= 0.3 is 6.36 Å². The normalized spacial score (nSPS) is 15.0. The molecule has 0 spiro atoms. The SMILES string of the molecule is O=C(CCNS(=O)(=O)c1ccc(OC(F)(F)F)cc1)N1CCN(C(=O)c2cccs2)CC1. The molecule has 0 aliphatic carbocycles. The molecule has 1 N–H and O–H groups in total. The molecule has 32 heavy (non-hydrogen) atoms. The molecule has 1 aromatic heterocycles. The molecule has 0 atom stereocenters. The number of benzene rings is 1. The second kappa shape index (κ2) is 9.88. The Morgan fingerprint density at radius 1 is 1.03 bits per heavy atom. The van der Waals surface area contributed by atoms with E-state index >= 15 is 0 Å². The van der Waals surface area contributed by atoms with E-state index in [9.17, 15) is 31.2 Å². The Morgan fingerprint density at radius 2 is 1.66 bits per heavy atom. The van der Waals surface area contributed by atoms with E-state index < -0.39 is 22.1 Å². The van der Waals surface area contributed by atoms with E-state index in [0.717, 1.165) is 24.3 Å². The van der Waals surface area contributed by atoms with Gasteiger partial charge in [-0.25, -0.2) is 13.1 Å². The summed E-state index contributed by atoms with van der Waals surface area (Å²) in [6.07, 6.45) is -4.96. The van der Waals surface area contributed by atoms with Crippen LogP contribution in [0.5, 0.6) is 5.75 Å². The fraction of sp³-hybridized carbons (Fsp3) is 0.368. The Labute approximate surface area is 186 Å². The van der Waals surface area contributed by atoms with E-state index in [-0.39, 0.29) is 29.7 Å². The van der Waals surface area contributed by atoms with Crippen LogP contribution in [0.4, 0.5) is 13.2 Å². The van der Waals surface area contributed by atoms with Crippen molar-refractivity contribution in [3.63, 3.8) is 0 Å². The molecule has 1 aromatic carbocycles. The number of rotatable bonds is 7. The van der Waals surface area contributed by atoms with Crippen molar-refractivity contribution in [2.45, 2.75) is 17.7 Å². The number of ether oxygens (including phenoxy) is 1. The lowest BCUT2D eigenvalue weighted by Gasteiger charge is -2.34. The van der Waals surface area contributed by atoms with Crippen molar-refractivity contribution < 1.29 is 35.9 Å². The predicted molar refractivity (Wildman–Crippen MR) is 110 cm³/mol. The molecule has 0 bridgehead atoms. The fourth-order valence-electron chi connectivity index (χ4n) is 3.07. The number of nitrogens with zero attached hydrogens (tertiary/aromatic N) is 2. The third-order valence-corrected chi connectivity index (χ3v) is 6.98. The van der Waals surface area contributed by atoms with Gasteiger partial charge in [0.1, 0.15) is 5.75 Å². The van der Waals surface area contributed by atoms with Crippen LogP contribution in [0.25, 0.3) is 0 Å². The number of sulfonamides is 1. The Morgan fingerprint density at radius 3 is 2.22 bits per heavy atom. The summed E-state index contributed by atoms with van der Waals surface area (Å²) in [5.41, 5.74) is 0. The van der Waals surface area contributed by atoms with Crippen LogP contribution in [0, 0.1) is 0 Å². The molecule has 0 unspecified atom stereocenters. The molecule has 2 aromatic rings. The van der Waals surface area contributed by atoms with Crippen molar-refractivity contribution in [1.82, 2.24) is 14.5 Å². The molecule has 3 rings (SSSR count). The average Bonchev–Trinajstić information content (AvgIpc) is 3.27. The zero-order valence-corrected chi connectivity index (χ0v) is 18.3. The van der Waals surface area contributed by atoms with Crippen LogP contribution < -0.4 is 9.46 Å². The van der Waals surface area contributed by atoms with E-state index in [4.69, 9.17) is 0 Å². The van der Waals surface area contributed by atoms with E-state index in [1.807, 2.05) is 5.38 Å². The zero-order valence-electron chi connectivity index (χ0n) is 16.7. The molecule has 0 radical (unpaired) electrons. The summed E-state index contributed by atoms with van der Waals surface area (Å²) < 4.78 is 67.1. The number of carbonyl (C=O) groups excluding carboxylic acids is 2. The highest BCUT2D eigenvalue weighted by atomic mass is 32.2. The van der Waals surface area contributed by atoms with Crippen LogP contribution >= 0.6 is 11.3 Å². The molecule has 2 heterocycles. The molecule has 1 aliphatic rings. The monoisotopic (exact) mass is 491 g/mol. The summed E-state index contributed by atoms with van der Waals surface area (Å²) in [5, 5.41) is 1.82. The number of hydrogen-bond acceptors (Lipinski definition) is 6. The Kier molecular flexibility index (Phi) is 7.41. The standard InChI is InChI=1S/C19H20F3N3O5S2/c20-19(21,22)30-14-3-5-15(6-4-14)32(28,29)23-8-7-17(26)24-9-11-25(12-10-24)18(27)16-2-1-13-31-16/h1-6,13,23H,7-12H2. The Bertz CT molecular complexity index is 1030. The minimum atomic E-state index is -4.87. The lowest BCUT2D eigenvalue weighted by Crippen LogP contribution is -2.50. The number of carbonyl (C=O) groups is 2. The number of thiophene rings is 1. The minimum absolute atomic E-state index is 0.0773. The predicted octanol–water partition coefficient (Wildman–Crippen LogP) is 2.30. The second-order valence-electron chi connectivity index (χ2n) is 6.82. The van der Waals surface area contributed by atoms with Gasteiger partial charge in [0.05, 0.1) is 9.77 Å². The first-order valence-electron chi connectivity index (χ1n) is 9.51. The number of nitrogens with one attached hydrogen (secondary N) is 1. The number of amides is 2. The van der Waals surface area contributed by atoms with Crippen LogP contribution in [0.2, 0.25) is 0 Å². The highest BCUT2D eigenvalue weighted by Crippen LogP contribution is 2.23. The summed E-state index contributed by atoms with van der Waals surface area (Å²) in [5.74, 6) is -0.875. The van der Waals surface area contributed by atoms with Gasteiger partial charge in [0, 0.05) is 39.1 Å². The molecule has 1 aliphatic heterocycles. The molecule has 1 saturated heterocycles. The summed E-state index contributed by atoms with van der Waals surface area (Å²) >= 11 is 1.35. The number of hydrogen-bond donors (Lipinski definition) is 1. The maximum absolute atomic E-state index is 12.4. The molecule has 174 valence electrons. The van der Waals surface area contributed by atoms with Crippen molar-refractivity contribution in [3.05, 3.63) is 46.7 Å². The number of halogens is 3. The topological polar surface area (TPSA) is 96.0 Å². The average molecular weight is 492 g/mol. The zero-order chi connectivity index (χ0) is 23.4. The molecule has 13 heteroatoms. The van der Waals surface area contributed by atoms with Crippen molar-refractivity contribution in [1.29, 1.82) is 0 Å². The smallest absolute Gasteiger partial charge is 0.406 e. The summed E-state index contributed by atoms with van der Waals surface area (Å²) in [7, 11) is -4.00. The van der Waals surface area contributed by atoms with E-state index in [0.29, 0.717) is 31.1 Å². The van der Waals surface area contributed by atoms with Gasteiger partial charge in [0.2, 0.25) is 15.9 Å². The number of piperazine rings is 1. The van der Waals surface area contributed by atoms with Crippen LogP contribution in [0.1, 0.15) is 16.1 Å². The third-order valence-electron chi connectivity index (χ3n) is 4.65. The van der Waals surface area contributed by atoms with Gasteiger partial charge < -0.3 is 14.5 Å². The summed E-state index contributed by atoms with van der Waals surface area (Å²) in [6.45, 7) is 1.31. The molecular weight excluding hydrogens is 471 g/mol. The molecule has 8 nitrogen and oxygen atoms in total. The molecular formula is C19H20F3N3O5S2. The fourth-order valence-corrected chi connectivity index (χ4v) is 4.79.